The third-order valence-corrected chi connectivity index (χ3v) is 5.99. The molecule has 0 amide bonds. The molecule has 0 saturated carbocycles. The van der Waals surface area contributed by atoms with Crippen LogP contribution in [0.3, 0.4) is 0 Å². The summed E-state index contributed by atoms with van der Waals surface area (Å²) >= 11 is 0. The Morgan fingerprint density at radius 2 is 1.88 bits per heavy atom. The van der Waals surface area contributed by atoms with E-state index in [0.717, 1.165) is 11.0 Å². The van der Waals surface area contributed by atoms with Crippen molar-refractivity contribution in [1.82, 2.24) is 9.93 Å². The van der Waals surface area contributed by atoms with Gasteiger partial charge in [-0.05, 0) is 44.6 Å². The van der Waals surface area contributed by atoms with Gasteiger partial charge in [-0.15, -0.1) is 0 Å². The first kappa shape index (κ1) is 15.8. The lowest BCUT2D eigenvalue weighted by atomic mass is 9.63. The molecule has 3 nitrogen and oxygen atoms in total. The normalized spacial score (nSPS) is 25.5. The molecule has 4 rings (SSSR count). The maximum Gasteiger partial charge on any atom is 0.299 e. The maximum atomic E-state index is 6.06. The summed E-state index contributed by atoms with van der Waals surface area (Å²) in [5.41, 5.74) is 2.41. The summed E-state index contributed by atoms with van der Waals surface area (Å²) in [4.78, 5) is 2.43. The van der Waals surface area contributed by atoms with E-state index in [9.17, 15) is 0 Å². The molecule has 0 bridgehead atoms. The largest absolute Gasteiger partial charge is 0.457 e. The van der Waals surface area contributed by atoms with Gasteiger partial charge in [0.15, 0.2) is 0 Å². The Labute approximate surface area is 144 Å². The Kier molecular flexibility index (Phi) is 3.24. The number of benzene rings is 1. The Hall–Kier alpha value is -1.68. The lowest BCUT2D eigenvalue weighted by Gasteiger charge is -2.46. The van der Waals surface area contributed by atoms with Crippen molar-refractivity contribution in [2.75, 3.05) is 0 Å². The summed E-state index contributed by atoms with van der Waals surface area (Å²) in [6.07, 6.45) is 3.49. The number of fused-ring (bicyclic) bond motifs is 3. The molecular formula is C20H27BN2O. The minimum atomic E-state index is 0.137. The minimum absolute atomic E-state index is 0.137. The Bertz CT molecular complexity index is 911. The molecule has 0 aliphatic carbocycles. The van der Waals surface area contributed by atoms with Gasteiger partial charge in [-0.2, -0.15) is 0 Å². The van der Waals surface area contributed by atoms with E-state index in [2.05, 4.69) is 81.7 Å². The van der Waals surface area contributed by atoms with Crippen LogP contribution >= 0.6 is 0 Å². The van der Waals surface area contributed by atoms with Crippen molar-refractivity contribution in [1.29, 1.82) is 0 Å². The molecule has 0 N–H and O–H groups in total. The van der Waals surface area contributed by atoms with E-state index in [-0.39, 0.29) is 12.4 Å². The summed E-state index contributed by atoms with van der Waals surface area (Å²) in [7, 11) is 0. The van der Waals surface area contributed by atoms with Gasteiger partial charge in [0, 0.05) is 28.4 Å². The van der Waals surface area contributed by atoms with Crippen molar-refractivity contribution in [3.8, 4) is 0 Å². The van der Waals surface area contributed by atoms with E-state index in [1.54, 1.807) is 0 Å². The molecule has 2 aromatic rings. The van der Waals surface area contributed by atoms with Crippen LogP contribution in [0.15, 0.2) is 28.7 Å². The van der Waals surface area contributed by atoms with Crippen LogP contribution < -0.4 is 10.6 Å². The molecule has 3 heterocycles. The fraction of sp³-hybridized carbons (Fsp3) is 0.500. The molecule has 1 saturated heterocycles. The van der Waals surface area contributed by atoms with Crippen LogP contribution in [-0.4, -0.2) is 28.4 Å². The molecule has 4 heteroatoms. The molecular weight excluding hydrogens is 295 g/mol. The van der Waals surface area contributed by atoms with Gasteiger partial charge in [0.1, 0.15) is 11.0 Å². The second-order valence-electron chi connectivity index (χ2n) is 8.79. The lowest BCUT2D eigenvalue weighted by molar-refractivity contribution is 0.00245. The van der Waals surface area contributed by atoms with Crippen molar-refractivity contribution in [2.24, 2.45) is 5.41 Å². The summed E-state index contributed by atoms with van der Waals surface area (Å²) in [6.45, 7) is 14.4. The average molecular weight is 322 g/mol. The van der Waals surface area contributed by atoms with Crippen LogP contribution in [-0.2, 0) is 0 Å². The molecule has 0 spiro atoms. The fourth-order valence-electron chi connectivity index (χ4n) is 4.86. The van der Waals surface area contributed by atoms with Gasteiger partial charge in [-0.25, -0.2) is 5.01 Å². The average Bonchev–Trinajstić information content (AvgIpc) is 2.90. The Morgan fingerprint density at radius 3 is 2.54 bits per heavy atom. The van der Waals surface area contributed by atoms with Crippen molar-refractivity contribution >= 4 is 30.0 Å². The summed E-state index contributed by atoms with van der Waals surface area (Å²) in [6, 6.07) is 8.81. The number of nitrogens with zero attached hydrogens (tertiary/aromatic N) is 2. The van der Waals surface area contributed by atoms with Crippen LogP contribution in [0.25, 0.3) is 23.1 Å². The van der Waals surface area contributed by atoms with Gasteiger partial charge in [-0.1, -0.05) is 38.9 Å². The number of hydrazine groups is 1. The molecule has 126 valence electrons. The Morgan fingerprint density at radius 1 is 1.17 bits per heavy atom. The highest BCUT2D eigenvalue weighted by atomic mass is 16.3. The molecule has 0 radical (unpaired) electrons. The van der Waals surface area contributed by atoms with Gasteiger partial charge in [0.05, 0.1) is 0 Å². The summed E-state index contributed by atoms with van der Waals surface area (Å²) in [5.74, 6) is 2.25. The van der Waals surface area contributed by atoms with Gasteiger partial charge in [0.2, 0.25) is 0 Å². The van der Waals surface area contributed by atoms with Crippen LogP contribution in [0.4, 0.5) is 0 Å². The number of hydrogen-bond donors (Lipinski definition) is 0. The van der Waals surface area contributed by atoms with E-state index in [1.165, 1.54) is 17.0 Å². The quantitative estimate of drug-likeness (QED) is 0.752. The van der Waals surface area contributed by atoms with E-state index < -0.39 is 0 Å². The van der Waals surface area contributed by atoms with Crippen LogP contribution in [0.5, 0.6) is 0 Å². The van der Waals surface area contributed by atoms with E-state index in [1.807, 2.05) is 6.07 Å². The molecule has 1 unspecified atom stereocenters. The molecule has 1 aromatic heterocycles. The van der Waals surface area contributed by atoms with Gasteiger partial charge < -0.3 is 9.34 Å². The third kappa shape index (κ3) is 2.16. The maximum absolute atomic E-state index is 6.06. The van der Waals surface area contributed by atoms with E-state index in [0.29, 0.717) is 11.5 Å². The van der Waals surface area contributed by atoms with Crippen molar-refractivity contribution in [2.45, 2.75) is 59.4 Å². The van der Waals surface area contributed by atoms with Crippen LogP contribution in [0.2, 0.25) is 6.82 Å². The third-order valence-electron chi connectivity index (χ3n) is 5.99. The molecule has 1 aromatic carbocycles. The highest BCUT2D eigenvalue weighted by Crippen LogP contribution is 2.47. The summed E-state index contributed by atoms with van der Waals surface area (Å²) in [5, 5.41) is 4.99. The molecule has 24 heavy (non-hydrogen) atoms. The van der Waals surface area contributed by atoms with Crippen molar-refractivity contribution in [3.63, 3.8) is 0 Å². The summed E-state index contributed by atoms with van der Waals surface area (Å²) < 4.78 is 6.06. The van der Waals surface area contributed by atoms with Gasteiger partial charge in [-0.3, -0.25) is 0 Å². The van der Waals surface area contributed by atoms with Crippen molar-refractivity contribution in [3.05, 3.63) is 34.9 Å². The van der Waals surface area contributed by atoms with E-state index >= 15 is 0 Å². The first-order chi connectivity index (χ1) is 11.2. The molecule has 1 fully saturated rings. The highest BCUT2D eigenvalue weighted by molar-refractivity contribution is 6.70. The number of para-hydroxylation sites is 1. The monoisotopic (exact) mass is 322 g/mol. The second kappa shape index (κ2) is 4.92. The first-order valence-corrected chi connectivity index (χ1v) is 8.99. The lowest BCUT2D eigenvalue weighted by Crippen LogP contribution is -2.58. The SMILES string of the molecule is CB1C=c2oc3ccccc3c2=CN1N1C(C)C(C)(C)CC1(C)C. The van der Waals surface area contributed by atoms with Crippen LogP contribution in [0.1, 0.15) is 41.0 Å². The standard InChI is InChI=1S/C20H27BN2O/c1-14-19(2,3)13-20(4,5)23(14)22-12-16-15-9-7-8-10-17(15)24-18(16)11-21(22)6/h7-12,14H,13H2,1-6H3. The topological polar surface area (TPSA) is 19.6 Å². The minimum Gasteiger partial charge on any atom is -0.457 e. The molecule has 1 atom stereocenters. The number of furan rings is 1. The molecule has 2 aliphatic heterocycles. The first-order valence-electron chi connectivity index (χ1n) is 8.99. The van der Waals surface area contributed by atoms with E-state index in [4.69, 9.17) is 4.42 Å². The molecule has 2 aliphatic rings. The van der Waals surface area contributed by atoms with Gasteiger partial charge >= 0.3 is 0 Å². The number of rotatable bonds is 1. The fourth-order valence-corrected chi connectivity index (χ4v) is 4.86. The zero-order chi connectivity index (χ0) is 17.3. The smallest absolute Gasteiger partial charge is 0.299 e. The predicted octanol–water partition coefficient (Wildman–Crippen LogP) is 3.24. The van der Waals surface area contributed by atoms with Crippen molar-refractivity contribution < 1.29 is 4.42 Å². The zero-order valence-corrected chi connectivity index (χ0v) is 15.6. The second-order valence-corrected chi connectivity index (χ2v) is 8.79. The van der Waals surface area contributed by atoms with Gasteiger partial charge in [0.25, 0.3) is 6.85 Å². The highest BCUT2D eigenvalue weighted by Gasteiger charge is 2.51. The number of hydrogen-bond acceptors (Lipinski definition) is 3. The van der Waals surface area contributed by atoms with Crippen LogP contribution in [0, 0.1) is 5.41 Å². The predicted molar refractivity (Wildman–Crippen MR) is 102 cm³/mol. The Balaban J connectivity index is 1.88. The zero-order valence-electron chi connectivity index (χ0n) is 15.6.